The van der Waals surface area contributed by atoms with Gasteiger partial charge in [-0.05, 0) is 113 Å². The predicted molar refractivity (Wildman–Crippen MR) is 181 cm³/mol. The molecule has 242 valence electrons. The number of benzene rings is 3. The van der Waals surface area contributed by atoms with Gasteiger partial charge in [0.1, 0.15) is 11.2 Å². The van der Waals surface area contributed by atoms with Crippen LogP contribution < -0.4 is 21.3 Å². The molecule has 0 aromatic heterocycles. The second-order valence-electron chi connectivity index (χ2n) is 13.4. The molecule has 8 heteroatoms. The summed E-state index contributed by atoms with van der Waals surface area (Å²) in [5.41, 5.74) is 1.73. The van der Waals surface area contributed by atoms with Crippen molar-refractivity contribution < 1.29 is 19.1 Å². The fourth-order valence-corrected chi connectivity index (χ4v) is 5.23. The smallest absolute Gasteiger partial charge is 0.407 e. The van der Waals surface area contributed by atoms with Crippen molar-refractivity contribution in [3.8, 4) is 0 Å². The lowest BCUT2D eigenvalue weighted by Gasteiger charge is -2.19. The standard InChI is InChI=1S/C36H54N4O4/c1-35(2,3)43-33(41)39-23-15-7-13-21-37-25-31-27-17-9-11-19-29(27)32(30-20-12-10-18-28(30)31)26-38-22-14-8-16-24-40-34(42)44-36(4,5)6/h9-12,17-20,37-38H,7-8,13-16,21-26H2,1-6H3,(H,39,41)(H,40,42). The largest absolute Gasteiger partial charge is 0.444 e. The summed E-state index contributed by atoms with van der Waals surface area (Å²) in [7, 11) is 0. The van der Waals surface area contributed by atoms with Crippen LogP contribution in [0.15, 0.2) is 48.5 Å². The number of unbranched alkanes of at least 4 members (excludes halogenated alkanes) is 4. The Bertz CT molecular complexity index is 1180. The third kappa shape index (κ3) is 12.3. The second kappa shape index (κ2) is 17.2. The molecule has 3 aromatic carbocycles. The van der Waals surface area contributed by atoms with Crippen molar-refractivity contribution in [2.75, 3.05) is 26.2 Å². The van der Waals surface area contributed by atoms with Gasteiger partial charge in [-0.2, -0.15) is 0 Å². The van der Waals surface area contributed by atoms with E-state index >= 15 is 0 Å². The van der Waals surface area contributed by atoms with E-state index in [9.17, 15) is 9.59 Å². The number of carbonyl (C=O) groups is 2. The Morgan fingerprint density at radius 3 is 1.16 bits per heavy atom. The Morgan fingerprint density at radius 2 is 0.841 bits per heavy atom. The van der Waals surface area contributed by atoms with Crippen LogP contribution in [0.4, 0.5) is 9.59 Å². The Kier molecular flexibility index (Phi) is 13.7. The molecule has 0 saturated heterocycles. The lowest BCUT2D eigenvalue weighted by atomic mass is 9.91. The maximum Gasteiger partial charge on any atom is 0.407 e. The van der Waals surface area contributed by atoms with Crippen LogP contribution in [0.1, 0.15) is 91.2 Å². The van der Waals surface area contributed by atoms with E-state index in [1.165, 1.54) is 32.7 Å². The van der Waals surface area contributed by atoms with Crippen LogP contribution in [0.3, 0.4) is 0 Å². The number of rotatable bonds is 16. The maximum atomic E-state index is 11.8. The highest BCUT2D eigenvalue weighted by molar-refractivity contribution is 6.05. The van der Waals surface area contributed by atoms with Gasteiger partial charge in [-0.1, -0.05) is 61.4 Å². The number of nitrogens with one attached hydrogen (secondary N) is 4. The monoisotopic (exact) mass is 606 g/mol. The van der Waals surface area contributed by atoms with Gasteiger partial charge in [-0.15, -0.1) is 0 Å². The van der Waals surface area contributed by atoms with Crippen molar-refractivity contribution in [3.63, 3.8) is 0 Å². The number of amides is 2. The van der Waals surface area contributed by atoms with Crippen LogP contribution in [-0.2, 0) is 22.6 Å². The summed E-state index contributed by atoms with van der Waals surface area (Å²) in [5.74, 6) is 0. The van der Waals surface area contributed by atoms with Crippen molar-refractivity contribution in [1.82, 2.24) is 21.3 Å². The fraction of sp³-hybridized carbons (Fsp3) is 0.556. The van der Waals surface area contributed by atoms with E-state index in [0.717, 1.165) is 64.7 Å². The maximum absolute atomic E-state index is 11.8. The second-order valence-corrected chi connectivity index (χ2v) is 13.4. The highest BCUT2D eigenvalue weighted by Gasteiger charge is 2.17. The van der Waals surface area contributed by atoms with Crippen molar-refractivity contribution in [2.24, 2.45) is 0 Å². The molecule has 4 N–H and O–H groups in total. The minimum Gasteiger partial charge on any atom is -0.444 e. The molecule has 0 atom stereocenters. The predicted octanol–water partition coefficient (Wildman–Crippen LogP) is 7.56. The SMILES string of the molecule is CC(C)(C)OC(=O)NCCCCCNCc1c2ccccc2c(CNCCCCCNC(=O)OC(C)(C)C)c2ccccc12. The Morgan fingerprint density at radius 1 is 0.523 bits per heavy atom. The zero-order valence-electron chi connectivity index (χ0n) is 27.7. The van der Waals surface area contributed by atoms with Gasteiger partial charge in [0.25, 0.3) is 0 Å². The molecule has 44 heavy (non-hydrogen) atoms. The van der Waals surface area contributed by atoms with Crippen LogP contribution in [0.2, 0.25) is 0 Å². The normalized spacial score (nSPS) is 12.0. The summed E-state index contributed by atoms with van der Waals surface area (Å²) in [6.45, 7) is 15.9. The summed E-state index contributed by atoms with van der Waals surface area (Å²) >= 11 is 0. The van der Waals surface area contributed by atoms with Crippen molar-refractivity contribution in [3.05, 3.63) is 59.7 Å². The van der Waals surface area contributed by atoms with Crippen molar-refractivity contribution in [1.29, 1.82) is 0 Å². The average molecular weight is 607 g/mol. The van der Waals surface area contributed by atoms with Gasteiger partial charge in [-0.25, -0.2) is 9.59 Å². The van der Waals surface area contributed by atoms with Gasteiger partial charge >= 0.3 is 12.2 Å². The number of alkyl carbamates (subject to hydrolysis) is 2. The lowest BCUT2D eigenvalue weighted by Crippen LogP contribution is -2.33. The van der Waals surface area contributed by atoms with Crippen LogP contribution >= 0.6 is 0 Å². The summed E-state index contributed by atoms with van der Waals surface area (Å²) < 4.78 is 10.6. The quantitative estimate of drug-likeness (QED) is 0.0992. The van der Waals surface area contributed by atoms with Crippen molar-refractivity contribution >= 4 is 33.7 Å². The van der Waals surface area contributed by atoms with Gasteiger partial charge in [0.05, 0.1) is 0 Å². The molecule has 3 aromatic rings. The molecule has 0 unspecified atom stereocenters. The van der Waals surface area contributed by atoms with E-state index in [4.69, 9.17) is 9.47 Å². The van der Waals surface area contributed by atoms with E-state index in [0.29, 0.717) is 13.1 Å². The first kappa shape index (κ1) is 35.1. The van der Waals surface area contributed by atoms with Gasteiger partial charge in [-0.3, -0.25) is 0 Å². The summed E-state index contributed by atoms with van der Waals surface area (Å²) in [5, 5.41) is 18.2. The lowest BCUT2D eigenvalue weighted by molar-refractivity contribution is 0.0515. The average Bonchev–Trinajstić information content (AvgIpc) is 2.94. The Balaban J connectivity index is 1.48. The van der Waals surface area contributed by atoms with Gasteiger partial charge < -0.3 is 30.7 Å². The molecule has 3 rings (SSSR count). The molecule has 0 bridgehead atoms. The van der Waals surface area contributed by atoms with E-state index in [1.54, 1.807) is 0 Å². The van der Waals surface area contributed by atoms with Crippen molar-refractivity contribution in [2.45, 2.75) is 104 Å². The third-order valence-electron chi connectivity index (χ3n) is 7.16. The molecule has 0 radical (unpaired) electrons. The molecule has 8 nitrogen and oxygen atoms in total. The topological polar surface area (TPSA) is 101 Å². The minimum absolute atomic E-state index is 0.349. The first-order valence-electron chi connectivity index (χ1n) is 16.2. The van der Waals surface area contributed by atoms with E-state index < -0.39 is 11.2 Å². The Labute approximate surface area is 264 Å². The molecular formula is C36H54N4O4. The molecule has 0 heterocycles. The first-order chi connectivity index (χ1) is 20.9. The summed E-state index contributed by atoms with van der Waals surface area (Å²) in [6, 6.07) is 17.5. The molecule has 0 fully saturated rings. The number of ether oxygens (including phenoxy) is 2. The van der Waals surface area contributed by atoms with Gasteiger partial charge in [0.2, 0.25) is 0 Å². The highest BCUT2D eigenvalue weighted by Crippen LogP contribution is 2.33. The summed E-state index contributed by atoms with van der Waals surface area (Å²) in [6.07, 6.45) is 5.32. The molecule has 0 aliphatic rings. The minimum atomic E-state index is -0.471. The molecule has 2 amide bonds. The molecular weight excluding hydrogens is 552 g/mol. The zero-order valence-corrected chi connectivity index (χ0v) is 27.7. The van der Waals surface area contributed by atoms with Crippen LogP contribution in [0.25, 0.3) is 21.5 Å². The van der Waals surface area contributed by atoms with Crippen LogP contribution in [0.5, 0.6) is 0 Å². The summed E-state index contributed by atoms with van der Waals surface area (Å²) in [4.78, 5) is 23.6. The number of fused-ring (bicyclic) bond motifs is 2. The van der Waals surface area contributed by atoms with Crippen LogP contribution in [-0.4, -0.2) is 49.6 Å². The van der Waals surface area contributed by atoms with Gasteiger partial charge in [0, 0.05) is 26.2 Å². The Hall–Kier alpha value is -3.36. The number of hydrogen-bond donors (Lipinski definition) is 4. The van der Waals surface area contributed by atoms with E-state index in [-0.39, 0.29) is 12.2 Å². The zero-order chi connectivity index (χ0) is 32.0. The molecule has 0 aliphatic carbocycles. The number of carbonyl (C=O) groups excluding carboxylic acids is 2. The van der Waals surface area contributed by atoms with E-state index in [1.807, 2.05) is 41.5 Å². The third-order valence-corrected chi connectivity index (χ3v) is 7.16. The number of hydrogen-bond acceptors (Lipinski definition) is 6. The molecule has 0 spiro atoms. The fourth-order valence-electron chi connectivity index (χ4n) is 5.23. The van der Waals surface area contributed by atoms with Crippen LogP contribution in [0, 0.1) is 0 Å². The first-order valence-corrected chi connectivity index (χ1v) is 16.2. The van der Waals surface area contributed by atoms with E-state index in [2.05, 4.69) is 69.8 Å². The molecule has 0 aliphatic heterocycles. The highest BCUT2D eigenvalue weighted by atomic mass is 16.6. The molecule has 0 saturated carbocycles. The van der Waals surface area contributed by atoms with Gasteiger partial charge in [0.15, 0.2) is 0 Å².